The number of hydrogen-bond donors (Lipinski definition) is 1. The maximum Gasteiger partial charge on any atom is 0.134 e. The summed E-state index contributed by atoms with van der Waals surface area (Å²) in [6.07, 6.45) is 0. The maximum absolute atomic E-state index is 13.1. The predicted octanol–water partition coefficient (Wildman–Crippen LogP) is 2.18. The molecular formula is C25H33FN2O5. The number of nitrogens with zero attached hydrogens (tertiary/aromatic N) is 2. The molecule has 0 bridgehead atoms. The molecular weight excluding hydrogens is 427 g/mol. The molecule has 8 heteroatoms. The Morgan fingerprint density at radius 3 is 2.48 bits per heavy atom. The van der Waals surface area contributed by atoms with Crippen molar-refractivity contribution in [1.29, 1.82) is 0 Å². The second-order valence-corrected chi connectivity index (χ2v) is 8.68. The highest BCUT2D eigenvalue weighted by Crippen LogP contribution is 2.20. The molecule has 2 aliphatic rings. The van der Waals surface area contributed by atoms with Crippen LogP contribution in [0.4, 0.5) is 4.39 Å². The van der Waals surface area contributed by atoms with Crippen LogP contribution < -0.4 is 9.47 Å². The largest absolute Gasteiger partial charge is 0.492 e. The molecule has 0 saturated carbocycles. The number of morpholine rings is 1. The standard InChI is InChI=1S/C25H33FN2O5/c26-22-4-6-23(7-5-22)33-20-25(29)18-28(10-14-31-19-25)17-21-2-1-3-24(16-21)32-15-11-27-8-12-30-13-9-27/h1-7,16,29H,8-15,17-20H2/t25-/m1/s1. The first-order chi connectivity index (χ1) is 16.1. The molecule has 0 radical (unpaired) electrons. The Kier molecular flexibility index (Phi) is 8.52. The molecule has 1 N–H and O–H groups in total. The van der Waals surface area contributed by atoms with Gasteiger partial charge in [0.1, 0.15) is 36.1 Å². The predicted molar refractivity (Wildman–Crippen MR) is 122 cm³/mol. The van der Waals surface area contributed by atoms with Crippen molar-refractivity contribution >= 4 is 0 Å². The van der Waals surface area contributed by atoms with E-state index in [2.05, 4.69) is 21.9 Å². The van der Waals surface area contributed by atoms with Crippen LogP contribution in [0.5, 0.6) is 11.5 Å². The van der Waals surface area contributed by atoms with Gasteiger partial charge in [0.2, 0.25) is 0 Å². The molecule has 2 aromatic rings. The number of benzene rings is 2. The zero-order valence-corrected chi connectivity index (χ0v) is 19.0. The summed E-state index contributed by atoms with van der Waals surface area (Å²) < 4.78 is 35.8. The van der Waals surface area contributed by atoms with Crippen molar-refractivity contribution < 1.29 is 28.4 Å². The third-order valence-electron chi connectivity index (χ3n) is 5.85. The van der Waals surface area contributed by atoms with Crippen molar-refractivity contribution in [2.75, 3.05) is 72.4 Å². The van der Waals surface area contributed by atoms with E-state index in [0.29, 0.717) is 38.6 Å². The second kappa shape index (κ2) is 11.8. The van der Waals surface area contributed by atoms with Crippen LogP contribution in [0.15, 0.2) is 48.5 Å². The Morgan fingerprint density at radius 2 is 1.67 bits per heavy atom. The van der Waals surface area contributed by atoms with Crippen LogP contribution in [0.25, 0.3) is 0 Å². The van der Waals surface area contributed by atoms with Crippen molar-refractivity contribution in [3.63, 3.8) is 0 Å². The quantitative estimate of drug-likeness (QED) is 0.616. The number of halogens is 1. The Hall–Kier alpha value is -2.23. The van der Waals surface area contributed by atoms with E-state index in [-0.39, 0.29) is 19.0 Å². The van der Waals surface area contributed by atoms with Gasteiger partial charge in [0.15, 0.2) is 0 Å². The number of rotatable bonds is 9. The SMILES string of the molecule is O[C@@]1(COc2ccc(F)cc2)COCCN(Cc2cccc(OCCN3CCOCC3)c2)C1. The molecule has 2 aliphatic heterocycles. The first-order valence-electron chi connectivity index (χ1n) is 11.5. The first kappa shape index (κ1) is 23.9. The van der Waals surface area contributed by atoms with Crippen molar-refractivity contribution in [2.24, 2.45) is 0 Å². The average molecular weight is 461 g/mol. The summed E-state index contributed by atoms with van der Waals surface area (Å²) >= 11 is 0. The topological polar surface area (TPSA) is 63.6 Å². The van der Waals surface area contributed by atoms with Gasteiger partial charge >= 0.3 is 0 Å². The Balaban J connectivity index is 1.28. The summed E-state index contributed by atoms with van der Waals surface area (Å²) in [6, 6.07) is 13.9. The lowest BCUT2D eigenvalue weighted by Crippen LogP contribution is -2.48. The normalized spacial score (nSPS) is 22.6. The number of hydrogen-bond acceptors (Lipinski definition) is 7. The summed E-state index contributed by atoms with van der Waals surface area (Å²) in [5, 5.41) is 11.1. The van der Waals surface area contributed by atoms with Crippen molar-refractivity contribution in [2.45, 2.75) is 12.1 Å². The van der Waals surface area contributed by atoms with E-state index in [1.165, 1.54) is 12.1 Å². The van der Waals surface area contributed by atoms with E-state index in [0.717, 1.165) is 44.2 Å². The van der Waals surface area contributed by atoms with Gasteiger partial charge in [0, 0.05) is 39.3 Å². The van der Waals surface area contributed by atoms with Gasteiger partial charge in [0.05, 0.1) is 26.4 Å². The van der Waals surface area contributed by atoms with Crippen LogP contribution in [-0.2, 0) is 16.0 Å². The minimum absolute atomic E-state index is 0.0693. The highest BCUT2D eigenvalue weighted by Gasteiger charge is 2.33. The van der Waals surface area contributed by atoms with Crippen LogP contribution in [0.2, 0.25) is 0 Å². The molecule has 2 aromatic carbocycles. The van der Waals surface area contributed by atoms with Crippen LogP contribution in [0.1, 0.15) is 5.56 Å². The van der Waals surface area contributed by atoms with Gasteiger partial charge in [-0.3, -0.25) is 9.80 Å². The minimum Gasteiger partial charge on any atom is -0.492 e. The van der Waals surface area contributed by atoms with E-state index in [1.54, 1.807) is 12.1 Å². The van der Waals surface area contributed by atoms with Gasteiger partial charge in [-0.2, -0.15) is 0 Å². The summed E-state index contributed by atoms with van der Waals surface area (Å²) in [4.78, 5) is 4.51. The molecule has 0 aliphatic carbocycles. The lowest BCUT2D eigenvalue weighted by molar-refractivity contribution is -0.0646. The van der Waals surface area contributed by atoms with Crippen molar-refractivity contribution in [3.8, 4) is 11.5 Å². The van der Waals surface area contributed by atoms with Crippen LogP contribution >= 0.6 is 0 Å². The third kappa shape index (κ3) is 7.65. The number of β-amino-alcohol motifs (C(OH)–C–C–N with tert-alkyl or cyclic N) is 1. The molecule has 2 saturated heterocycles. The van der Waals surface area contributed by atoms with Crippen LogP contribution in [0, 0.1) is 5.82 Å². The zero-order chi connectivity index (χ0) is 22.9. The zero-order valence-electron chi connectivity index (χ0n) is 19.0. The van der Waals surface area contributed by atoms with E-state index in [4.69, 9.17) is 18.9 Å². The number of aliphatic hydroxyl groups is 1. The molecule has 0 spiro atoms. The average Bonchev–Trinajstić information content (AvgIpc) is 3.01. The summed E-state index contributed by atoms with van der Waals surface area (Å²) in [6.45, 7) is 7.60. The molecule has 180 valence electrons. The monoisotopic (exact) mass is 460 g/mol. The molecule has 4 rings (SSSR count). The first-order valence-corrected chi connectivity index (χ1v) is 11.5. The second-order valence-electron chi connectivity index (χ2n) is 8.68. The lowest BCUT2D eigenvalue weighted by Gasteiger charge is -2.30. The van der Waals surface area contributed by atoms with E-state index in [9.17, 15) is 9.50 Å². The van der Waals surface area contributed by atoms with Gasteiger partial charge in [0.25, 0.3) is 0 Å². The van der Waals surface area contributed by atoms with E-state index in [1.807, 2.05) is 12.1 Å². The molecule has 0 amide bonds. The van der Waals surface area contributed by atoms with E-state index >= 15 is 0 Å². The highest BCUT2D eigenvalue weighted by molar-refractivity contribution is 5.28. The smallest absolute Gasteiger partial charge is 0.134 e. The lowest BCUT2D eigenvalue weighted by atomic mass is 10.1. The molecule has 2 fully saturated rings. The number of ether oxygens (including phenoxy) is 4. The molecule has 0 aromatic heterocycles. The van der Waals surface area contributed by atoms with Gasteiger partial charge in [-0.1, -0.05) is 12.1 Å². The third-order valence-corrected chi connectivity index (χ3v) is 5.85. The van der Waals surface area contributed by atoms with Crippen LogP contribution in [-0.4, -0.2) is 92.9 Å². The Bertz CT molecular complexity index is 862. The highest BCUT2D eigenvalue weighted by atomic mass is 19.1. The fraction of sp³-hybridized carbons (Fsp3) is 0.520. The Labute approximate surface area is 194 Å². The van der Waals surface area contributed by atoms with Gasteiger partial charge in [-0.25, -0.2) is 4.39 Å². The Morgan fingerprint density at radius 1 is 0.909 bits per heavy atom. The van der Waals surface area contributed by atoms with Crippen molar-refractivity contribution in [3.05, 3.63) is 59.9 Å². The summed E-state index contributed by atoms with van der Waals surface area (Å²) in [5.41, 5.74) is -0.0421. The molecule has 2 heterocycles. The molecule has 33 heavy (non-hydrogen) atoms. The van der Waals surface area contributed by atoms with Crippen molar-refractivity contribution in [1.82, 2.24) is 9.80 Å². The van der Waals surface area contributed by atoms with Gasteiger partial charge < -0.3 is 24.1 Å². The molecule has 1 atom stereocenters. The van der Waals surface area contributed by atoms with E-state index < -0.39 is 5.60 Å². The van der Waals surface area contributed by atoms with Gasteiger partial charge in [-0.15, -0.1) is 0 Å². The maximum atomic E-state index is 13.1. The fourth-order valence-electron chi connectivity index (χ4n) is 4.08. The van der Waals surface area contributed by atoms with Crippen LogP contribution in [0.3, 0.4) is 0 Å². The fourth-order valence-corrected chi connectivity index (χ4v) is 4.08. The summed E-state index contributed by atoms with van der Waals surface area (Å²) in [7, 11) is 0. The minimum atomic E-state index is -1.16. The molecule has 7 nitrogen and oxygen atoms in total. The summed E-state index contributed by atoms with van der Waals surface area (Å²) in [5.74, 6) is 1.04. The molecule has 0 unspecified atom stereocenters. The van der Waals surface area contributed by atoms with Gasteiger partial charge in [-0.05, 0) is 42.0 Å².